The smallest absolute Gasteiger partial charge is 0.272 e. The molecule has 3 aromatic rings. The third kappa shape index (κ3) is 4.58. The van der Waals surface area contributed by atoms with Crippen LogP contribution in [0.3, 0.4) is 0 Å². The number of rotatable bonds is 5. The minimum absolute atomic E-state index is 0.147. The SMILES string of the molecule is CC(=O)N(c1ccccc1)c1nc(/C=N\NC(=O)c2ccccc2Cl)cs1. The number of hydrogen-bond acceptors (Lipinski definition) is 5. The van der Waals surface area contributed by atoms with E-state index < -0.39 is 5.91 Å². The van der Waals surface area contributed by atoms with Crippen LogP contribution >= 0.6 is 22.9 Å². The Kier molecular flexibility index (Phi) is 5.95. The molecule has 0 aliphatic heterocycles. The number of thiazole rings is 1. The Morgan fingerprint density at radius 2 is 1.85 bits per heavy atom. The minimum Gasteiger partial charge on any atom is -0.274 e. The van der Waals surface area contributed by atoms with E-state index in [1.807, 2.05) is 30.3 Å². The van der Waals surface area contributed by atoms with Crippen molar-refractivity contribution in [3.05, 3.63) is 76.3 Å². The molecule has 2 amide bonds. The molecule has 3 rings (SSSR count). The van der Waals surface area contributed by atoms with E-state index in [9.17, 15) is 9.59 Å². The third-order valence-corrected chi connectivity index (χ3v) is 4.69. The Morgan fingerprint density at radius 1 is 1.15 bits per heavy atom. The monoisotopic (exact) mass is 398 g/mol. The normalized spacial score (nSPS) is 10.7. The van der Waals surface area contributed by atoms with Crippen LogP contribution in [0.15, 0.2) is 65.1 Å². The fourth-order valence-corrected chi connectivity index (χ4v) is 3.36. The number of amides is 2. The summed E-state index contributed by atoms with van der Waals surface area (Å²) < 4.78 is 0. The van der Waals surface area contributed by atoms with Gasteiger partial charge in [-0.1, -0.05) is 41.9 Å². The van der Waals surface area contributed by atoms with Gasteiger partial charge in [0.2, 0.25) is 5.91 Å². The van der Waals surface area contributed by atoms with Crippen molar-refractivity contribution < 1.29 is 9.59 Å². The molecule has 2 aromatic carbocycles. The van der Waals surface area contributed by atoms with Gasteiger partial charge in [-0.3, -0.25) is 14.5 Å². The average molecular weight is 399 g/mol. The Hall–Kier alpha value is -3.03. The van der Waals surface area contributed by atoms with Crippen LogP contribution in [0.1, 0.15) is 23.0 Å². The van der Waals surface area contributed by atoms with Crippen molar-refractivity contribution in [1.82, 2.24) is 10.4 Å². The van der Waals surface area contributed by atoms with Gasteiger partial charge in [0.15, 0.2) is 5.13 Å². The lowest BCUT2D eigenvalue weighted by Gasteiger charge is -2.17. The van der Waals surface area contributed by atoms with Gasteiger partial charge in [0.1, 0.15) is 0 Å². The van der Waals surface area contributed by atoms with Gasteiger partial charge in [-0.05, 0) is 24.3 Å². The van der Waals surface area contributed by atoms with Crippen molar-refractivity contribution in [3.63, 3.8) is 0 Å². The van der Waals surface area contributed by atoms with Crippen LogP contribution in [0.5, 0.6) is 0 Å². The van der Waals surface area contributed by atoms with Crippen LogP contribution in [0.2, 0.25) is 5.02 Å². The number of hydrazone groups is 1. The molecule has 1 N–H and O–H groups in total. The zero-order valence-corrected chi connectivity index (χ0v) is 15.9. The number of benzene rings is 2. The topological polar surface area (TPSA) is 74.7 Å². The number of para-hydroxylation sites is 1. The van der Waals surface area contributed by atoms with Crippen LogP contribution in [0, 0.1) is 0 Å². The van der Waals surface area contributed by atoms with E-state index in [2.05, 4.69) is 15.5 Å². The number of nitrogens with zero attached hydrogens (tertiary/aromatic N) is 3. The molecule has 27 heavy (non-hydrogen) atoms. The summed E-state index contributed by atoms with van der Waals surface area (Å²) in [6.45, 7) is 1.48. The summed E-state index contributed by atoms with van der Waals surface area (Å²) in [5, 5.41) is 6.53. The lowest BCUT2D eigenvalue weighted by molar-refractivity contribution is -0.115. The van der Waals surface area contributed by atoms with Gasteiger partial charge in [-0.15, -0.1) is 11.3 Å². The van der Waals surface area contributed by atoms with Gasteiger partial charge in [0.05, 0.1) is 28.2 Å². The predicted molar refractivity (Wildman–Crippen MR) is 108 cm³/mol. The van der Waals surface area contributed by atoms with Crippen molar-refractivity contribution in [1.29, 1.82) is 0 Å². The quantitative estimate of drug-likeness (QED) is 0.515. The molecule has 0 spiro atoms. The lowest BCUT2D eigenvalue weighted by atomic mass is 10.2. The molecule has 0 fully saturated rings. The van der Waals surface area contributed by atoms with E-state index in [4.69, 9.17) is 11.6 Å². The highest BCUT2D eigenvalue weighted by Crippen LogP contribution is 2.28. The van der Waals surface area contributed by atoms with E-state index in [0.29, 0.717) is 21.4 Å². The first kappa shape index (κ1) is 18.8. The maximum atomic E-state index is 12.1. The highest BCUT2D eigenvalue weighted by molar-refractivity contribution is 7.14. The van der Waals surface area contributed by atoms with Crippen LogP contribution < -0.4 is 10.3 Å². The fraction of sp³-hybridized carbons (Fsp3) is 0.0526. The third-order valence-electron chi connectivity index (χ3n) is 3.51. The summed E-state index contributed by atoms with van der Waals surface area (Å²) in [6, 6.07) is 16.0. The fourth-order valence-electron chi connectivity index (χ4n) is 2.30. The first-order valence-corrected chi connectivity index (χ1v) is 9.21. The maximum absolute atomic E-state index is 12.1. The molecule has 8 heteroatoms. The van der Waals surface area contributed by atoms with Gasteiger partial charge in [0, 0.05) is 12.3 Å². The highest BCUT2D eigenvalue weighted by atomic mass is 35.5. The van der Waals surface area contributed by atoms with Gasteiger partial charge in [0.25, 0.3) is 5.91 Å². The van der Waals surface area contributed by atoms with Gasteiger partial charge in [-0.2, -0.15) is 5.10 Å². The van der Waals surface area contributed by atoms with Gasteiger partial charge < -0.3 is 0 Å². The number of hydrogen-bond donors (Lipinski definition) is 1. The van der Waals surface area contributed by atoms with Crippen molar-refractivity contribution in [2.24, 2.45) is 5.10 Å². The molecule has 0 aliphatic rings. The summed E-state index contributed by atoms with van der Waals surface area (Å²) in [5.74, 6) is -0.562. The lowest BCUT2D eigenvalue weighted by Crippen LogP contribution is -2.22. The number of anilines is 2. The largest absolute Gasteiger partial charge is 0.274 e. The second kappa shape index (κ2) is 8.57. The summed E-state index contributed by atoms with van der Waals surface area (Å²) in [4.78, 5) is 30.0. The zero-order valence-electron chi connectivity index (χ0n) is 14.3. The van der Waals surface area contributed by atoms with Crippen molar-refractivity contribution in [3.8, 4) is 0 Å². The Labute approximate surface area is 165 Å². The van der Waals surface area contributed by atoms with Crippen molar-refractivity contribution in [2.45, 2.75) is 6.92 Å². The molecule has 1 heterocycles. The van der Waals surface area contributed by atoms with E-state index in [0.717, 1.165) is 5.69 Å². The van der Waals surface area contributed by atoms with E-state index in [1.165, 1.54) is 29.4 Å². The maximum Gasteiger partial charge on any atom is 0.272 e. The number of carbonyl (C=O) groups is 2. The molecule has 0 saturated carbocycles. The average Bonchev–Trinajstić information content (AvgIpc) is 3.11. The van der Waals surface area contributed by atoms with Crippen LogP contribution in [-0.2, 0) is 4.79 Å². The second-order valence-corrected chi connectivity index (χ2v) is 6.67. The second-order valence-electron chi connectivity index (χ2n) is 5.42. The van der Waals surface area contributed by atoms with Gasteiger partial charge >= 0.3 is 0 Å². The Bertz CT molecular complexity index is 988. The summed E-state index contributed by atoms with van der Waals surface area (Å²) in [7, 11) is 0. The molecule has 136 valence electrons. The van der Waals surface area contributed by atoms with Crippen molar-refractivity contribution in [2.75, 3.05) is 4.90 Å². The molecular weight excluding hydrogens is 384 g/mol. The van der Waals surface area contributed by atoms with E-state index in [-0.39, 0.29) is 5.91 Å². The number of carbonyl (C=O) groups excluding carboxylic acids is 2. The van der Waals surface area contributed by atoms with Crippen LogP contribution in [0.4, 0.5) is 10.8 Å². The number of aromatic nitrogens is 1. The zero-order chi connectivity index (χ0) is 19.2. The highest BCUT2D eigenvalue weighted by Gasteiger charge is 2.17. The molecule has 6 nitrogen and oxygen atoms in total. The molecular formula is C19H15ClN4O2S. The predicted octanol–water partition coefficient (Wildman–Crippen LogP) is 4.25. The molecule has 0 saturated heterocycles. The van der Waals surface area contributed by atoms with Crippen molar-refractivity contribution >= 4 is 51.8 Å². The first-order valence-electron chi connectivity index (χ1n) is 7.95. The summed E-state index contributed by atoms with van der Waals surface area (Å²) in [6.07, 6.45) is 1.41. The molecule has 0 radical (unpaired) electrons. The molecule has 0 bridgehead atoms. The molecule has 0 aliphatic carbocycles. The van der Waals surface area contributed by atoms with E-state index in [1.54, 1.807) is 29.6 Å². The first-order chi connectivity index (χ1) is 13.1. The molecule has 0 unspecified atom stereocenters. The summed E-state index contributed by atoms with van der Waals surface area (Å²) >= 11 is 7.29. The number of halogens is 1. The minimum atomic E-state index is -0.415. The van der Waals surface area contributed by atoms with Crippen LogP contribution in [0.25, 0.3) is 0 Å². The molecule has 1 aromatic heterocycles. The Morgan fingerprint density at radius 3 is 2.56 bits per heavy atom. The standard InChI is InChI=1S/C19H15ClN4O2S/c1-13(25)24(15-7-3-2-4-8-15)19-22-14(12-27-19)11-21-23-18(26)16-9-5-6-10-17(16)20/h2-12H,1H3,(H,23,26)/b21-11-. The number of nitrogens with one attached hydrogen (secondary N) is 1. The van der Waals surface area contributed by atoms with Crippen LogP contribution in [-0.4, -0.2) is 23.0 Å². The Balaban J connectivity index is 1.72. The van der Waals surface area contributed by atoms with E-state index >= 15 is 0 Å². The summed E-state index contributed by atoms with van der Waals surface area (Å²) in [5.41, 5.74) is 4.00. The molecule has 0 atom stereocenters. The van der Waals surface area contributed by atoms with Gasteiger partial charge in [-0.25, -0.2) is 10.4 Å².